The Labute approximate surface area is 84.6 Å². The minimum atomic E-state index is 0. The van der Waals surface area contributed by atoms with Gasteiger partial charge in [-0.25, -0.2) is 0 Å². The molecule has 0 N–H and O–H groups in total. The van der Waals surface area contributed by atoms with Crippen molar-refractivity contribution in [2.45, 2.75) is 51.9 Å². The van der Waals surface area contributed by atoms with Crippen LogP contribution in [0.5, 0.6) is 0 Å². The number of hydrogen-bond donors (Lipinski definition) is 0. The van der Waals surface area contributed by atoms with Crippen LogP contribution < -0.4 is 0 Å². The molecule has 0 nitrogen and oxygen atoms in total. The summed E-state index contributed by atoms with van der Waals surface area (Å²) >= 11 is 0. The molecular formula is C9H19Hf-. The van der Waals surface area contributed by atoms with Crippen LogP contribution in [-0.4, -0.2) is 0 Å². The maximum atomic E-state index is 3.80. The third kappa shape index (κ3) is 11.6. The molecule has 0 fully saturated rings. The zero-order valence-corrected chi connectivity index (χ0v) is 10.7. The average Bonchev–Trinajstić information content (AvgIpc) is 1.89. The van der Waals surface area contributed by atoms with Crippen molar-refractivity contribution in [2.75, 3.05) is 0 Å². The minimum absolute atomic E-state index is 0. The second kappa shape index (κ2) is 12.5. The third-order valence-corrected chi connectivity index (χ3v) is 1.60. The fourth-order valence-electron chi connectivity index (χ4n) is 0.957. The Kier molecular flexibility index (Phi) is 16.9. The topological polar surface area (TPSA) is 0 Å². The minimum Gasteiger partial charge on any atom is -0.343 e. The van der Waals surface area contributed by atoms with Gasteiger partial charge in [-0.05, 0) is 0 Å². The first kappa shape index (κ1) is 13.5. The van der Waals surface area contributed by atoms with Crippen LogP contribution >= 0.6 is 0 Å². The number of hydrogen-bond acceptors (Lipinski definition) is 0. The number of unbranched alkanes of at least 4 members (excludes halogenated alkanes) is 6. The van der Waals surface area contributed by atoms with E-state index in [1.165, 1.54) is 38.5 Å². The van der Waals surface area contributed by atoms with Crippen molar-refractivity contribution in [1.29, 1.82) is 0 Å². The van der Waals surface area contributed by atoms with Crippen LogP contribution in [0, 0.1) is 6.92 Å². The molecule has 0 saturated heterocycles. The van der Waals surface area contributed by atoms with Crippen LogP contribution in [-0.2, 0) is 25.8 Å². The Balaban J connectivity index is 0. The summed E-state index contributed by atoms with van der Waals surface area (Å²) in [5.74, 6) is 0. The van der Waals surface area contributed by atoms with Crippen molar-refractivity contribution in [3.63, 3.8) is 0 Å². The van der Waals surface area contributed by atoms with E-state index in [9.17, 15) is 0 Å². The van der Waals surface area contributed by atoms with Crippen LogP contribution in [0.3, 0.4) is 0 Å². The Morgan fingerprint density at radius 2 is 1.40 bits per heavy atom. The van der Waals surface area contributed by atoms with Crippen molar-refractivity contribution in [1.82, 2.24) is 0 Å². The molecule has 1 heteroatoms. The summed E-state index contributed by atoms with van der Waals surface area (Å²) in [6, 6.07) is 0. The Bertz CT molecular complexity index is 38.0. The van der Waals surface area contributed by atoms with Crippen molar-refractivity contribution in [3.8, 4) is 0 Å². The van der Waals surface area contributed by atoms with Crippen LogP contribution in [0.4, 0.5) is 0 Å². The molecule has 0 spiro atoms. The Hall–Kier alpha value is 0.870. The third-order valence-electron chi connectivity index (χ3n) is 1.60. The molecular weight excluding hydrogens is 287 g/mol. The van der Waals surface area contributed by atoms with Gasteiger partial charge in [-0.1, -0.05) is 45.4 Å². The molecule has 0 aliphatic heterocycles. The molecule has 0 aromatic rings. The molecule has 10 heavy (non-hydrogen) atoms. The van der Waals surface area contributed by atoms with Gasteiger partial charge in [0.05, 0.1) is 0 Å². The molecule has 0 aromatic heterocycles. The molecule has 0 bridgehead atoms. The standard InChI is InChI=1S/C9H19.Hf/c1-3-5-7-9-8-6-4-2;/h1,3-9H2,2H3;/q-1;. The van der Waals surface area contributed by atoms with Gasteiger partial charge in [0, 0.05) is 25.8 Å². The zero-order valence-electron chi connectivity index (χ0n) is 7.16. The number of rotatable bonds is 6. The van der Waals surface area contributed by atoms with Crippen LogP contribution in [0.2, 0.25) is 0 Å². The van der Waals surface area contributed by atoms with E-state index in [1.54, 1.807) is 0 Å². The van der Waals surface area contributed by atoms with Crippen LogP contribution in [0.15, 0.2) is 0 Å². The molecule has 0 saturated carbocycles. The fraction of sp³-hybridized carbons (Fsp3) is 0.889. The average molecular weight is 306 g/mol. The van der Waals surface area contributed by atoms with Crippen molar-refractivity contribution in [2.24, 2.45) is 0 Å². The molecule has 60 valence electrons. The summed E-state index contributed by atoms with van der Waals surface area (Å²) < 4.78 is 0. The van der Waals surface area contributed by atoms with Gasteiger partial charge in [-0.3, -0.25) is 0 Å². The van der Waals surface area contributed by atoms with E-state index in [2.05, 4.69) is 13.8 Å². The van der Waals surface area contributed by atoms with E-state index in [4.69, 9.17) is 0 Å². The Morgan fingerprint density at radius 3 is 1.90 bits per heavy atom. The molecule has 0 atom stereocenters. The van der Waals surface area contributed by atoms with E-state index >= 15 is 0 Å². The van der Waals surface area contributed by atoms with Gasteiger partial charge < -0.3 is 6.92 Å². The van der Waals surface area contributed by atoms with Crippen molar-refractivity contribution < 1.29 is 25.8 Å². The van der Waals surface area contributed by atoms with E-state index in [0.29, 0.717) is 0 Å². The quantitative estimate of drug-likeness (QED) is 0.400. The van der Waals surface area contributed by atoms with E-state index in [1.807, 2.05) is 0 Å². The first-order valence-corrected chi connectivity index (χ1v) is 4.21. The molecule has 0 radical (unpaired) electrons. The molecule has 0 unspecified atom stereocenters. The summed E-state index contributed by atoms with van der Waals surface area (Å²) in [4.78, 5) is 0. The fourth-order valence-corrected chi connectivity index (χ4v) is 0.957. The SMILES string of the molecule is [CH2-]CCCCCCCC.[Hf]. The van der Waals surface area contributed by atoms with Gasteiger partial charge >= 0.3 is 0 Å². The molecule has 0 amide bonds. The summed E-state index contributed by atoms with van der Waals surface area (Å²) in [5.41, 5.74) is 0. The first-order valence-electron chi connectivity index (χ1n) is 4.21. The molecule has 0 heterocycles. The Morgan fingerprint density at radius 1 is 0.900 bits per heavy atom. The van der Waals surface area contributed by atoms with Crippen molar-refractivity contribution in [3.05, 3.63) is 6.92 Å². The van der Waals surface area contributed by atoms with Gasteiger partial charge in [-0.2, -0.15) is 6.42 Å². The predicted octanol–water partition coefficient (Wildman–Crippen LogP) is 3.57. The summed E-state index contributed by atoms with van der Waals surface area (Å²) in [7, 11) is 0. The maximum Gasteiger partial charge on any atom is 0 e. The summed E-state index contributed by atoms with van der Waals surface area (Å²) in [6.45, 7) is 6.05. The smallest absolute Gasteiger partial charge is 0 e. The van der Waals surface area contributed by atoms with E-state index in [0.717, 1.165) is 6.42 Å². The normalized spacial score (nSPS) is 9.00. The van der Waals surface area contributed by atoms with Gasteiger partial charge in [0.15, 0.2) is 0 Å². The first-order chi connectivity index (χ1) is 4.41. The molecule has 0 aliphatic rings. The predicted molar refractivity (Wildman–Crippen MR) is 43.4 cm³/mol. The van der Waals surface area contributed by atoms with Gasteiger partial charge in [-0.15, -0.1) is 0 Å². The second-order valence-corrected chi connectivity index (χ2v) is 2.62. The summed E-state index contributed by atoms with van der Waals surface area (Å²) in [5, 5.41) is 0. The zero-order chi connectivity index (χ0) is 6.95. The van der Waals surface area contributed by atoms with Crippen molar-refractivity contribution >= 4 is 0 Å². The monoisotopic (exact) mass is 307 g/mol. The van der Waals surface area contributed by atoms with Crippen LogP contribution in [0.25, 0.3) is 0 Å². The van der Waals surface area contributed by atoms with E-state index < -0.39 is 0 Å². The van der Waals surface area contributed by atoms with Gasteiger partial charge in [0.1, 0.15) is 0 Å². The maximum absolute atomic E-state index is 3.80. The summed E-state index contributed by atoms with van der Waals surface area (Å²) in [6.07, 6.45) is 9.45. The van der Waals surface area contributed by atoms with Crippen LogP contribution in [0.1, 0.15) is 51.9 Å². The van der Waals surface area contributed by atoms with E-state index in [-0.39, 0.29) is 25.8 Å². The van der Waals surface area contributed by atoms with Gasteiger partial charge in [0.25, 0.3) is 0 Å². The molecule has 0 aliphatic carbocycles. The molecule has 0 aromatic carbocycles. The largest absolute Gasteiger partial charge is 0.343 e. The second-order valence-electron chi connectivity index (χ2n) is 2.62. The molecule has 0 rings (SSSR count). The van der Waals surface area contributed by atoms with Gasteiger partial charge in [0.2, 0.25) is 0 Å².